The zero-order valence-corrected chi connectivity index (χ0v) is 11.0. The largest absolute Gasteiger partial charge is 0.497 e. The monoisotopic (exact) mass is 274 g/mol. The van der Waals surface area contributed by atoms with Gasteiger partial charge in [0, 0.05) is 0 Å². The second-order valence-electron chi connectivity index (χ2n) is 4.16. The van der Waals surface area contributed by atoms with Crippen molar-refractivity contribution in [1.29, 1.82) is 5.41 Å². The summed E-state index contributed by atoms with van der Waals surface area (Å²) < 4.78 is 24.2. The first-order valence-electron chi connectivity index (χ1n) is 6.00. The molecule has 0 saturated heterocycles. The Morgan fingerprint density at radius 1 is 1.20 bits per heavy atom. The Hall–Kier alpha value is -2.56. The van der Waals surface area contributed by atoms with Gasteiger partial charge in [0.15, 0.2) is 0 Å². The number of nitrogen functional groups attached to an aromatic ring is 1. The minimum atomic E-state index is -0.565. The van der Waals surface area contributed by atoms with Crippen LogP contribution in [0.3, 0.4) is 0 Å². The van der Waals surface area contributed by atoms with E-state index in [1.54, 1.807) is 13.2 Å². The van der Waals surface area contributed by atoms with E-state index in [2.05, 4.69) is 0 Å². The van der Waals surface area contributed by atoms with Crippen LogP contribution in [-0.2, 0) is 6.61 Å². The third kappa shape index (κ3) is 3.06. The van der Waals surface area contributed by atoms with Gasteiger partial charge in [-0.1, -0.05) is 18.2 Å². The van der Waals surface area contributed by atoms with E-state index in [1.165, 1.54) is 12.1 Å². The van der Waals surface area contributed by atoms with Crippen LogP contribution in [0.15, 0.2) is 42.5 Å². The third-order valence-corrected chi connectivity index (χ3v) is 2.80. The van der Waals surface area contributed by atoms with E-state index in [4.69, 9.17) is 20.6 Å². The molecule has 0 aromatic heterocycles. The van der Waals surface area contributed by atoms with Gasteiger partial charge in [0.25, 0.3) is 0 Å². The lowest BCUT2D eigenvalue weighted by molar-refractivity contribution is 0.303. The second-order valence-corrected chi connectivity index (χ2v) is 4.16. The summed E-state index contributed by atoms with van der Waals surface area (Å²) in [4.78, 5) is 0. The molecule has 3 N–H and O–H groups in total. The fourth-order valence-corrected chi connectivity index (χ4v) is 1.77. The summed E-state index contributed by atoms with van der Waals surface area (Å²) in [6.45, 7) is 0.258. The molecule has 0 aliphatic heterocycles. The van der Waals surface area contributed by atoms with Gasteiger partial charge in [0.05, 0.1) is 12.7 Å². The molecule has 0 fully saturated rings. The maximum Gasteiger partial charge on any atom is 0.137 e. The first-order chi connectivity index (χ1) is 9.61. The van der Waals surface area contributed by atoms with Crippen molar-refractivity contribution in [1.82, 2.24) is 0 Å². The summed E-state index contributed by atoms with van der Waals surface area (Å²) in [5.41, 5.74) is 6.26. The van der Waals surface area contributed by atoms with Crippen LogP contribution in [0.2, 0.25) is 0 Å². The van der Waals surface area contributed by atoms with E-state index in [0.29, 0.717) is 0 Å². The molecule has 0 saturated carbocycles. The molecule has 0 atom stereocenters. The minimum absolute atomic E-state index is 0.0130. The number of hydrogen-bond acceptors (Lipinski definition) is 3. The molecule has 2 aromatic carbocycles. The van der Waals surface area contributed by atoms with Crippen LogP contribution in [-0.4, -0.2) is 12.9 Å². The van der Waals surface area contributed by atoms with Crippen molar-refractivity contribution in [3.8, 4) is 11.5 Å². The number of ether oxygens (including phenoxy) is 2. The van der Waals surface area contributed by atoms with E-state index in [0.717, 1.165) is 11.3 Å². The Labute approximate surface area is 116 Å². The van der Waals surface area contributed by atoms with Crippen LogP contribution in [0.1, 0.15) is 11.1 Å². The molecule has 2 aromatic rings. The van der Waals surface area contributed by atoms with Crippen LogP contribution in [0.4, 0.5) is 4.39 Å². The van der Waals surface area contributed by atoms with Gasteiger partial charge in [-0.15, -0.1) is 0 Å². The van der Waals surface area contributed by atoms with Gasteiger partial charge in [-0.3, -0.25) is 5.41 Å². The Morgan fingerprint density at radius 3 is 2.50 bits per heavy atom. The average molecular weight is 274 g/mol. The van der Waals surface area contributed by atoms with E-state index in [1.807, 2.05) is 24.3 Å². The molecule has 2 rings (SSSR count). The Morgan fingerprint density at radius 2 is 1.90 bits per heavy atom. The molecule has 0 unspecified atom stereocenters. The summed E-state index contributed by atoms with van der Waals surface area (Å²) >= 11 is 0. The smallest absolute Gasteiger partial charge is 0.137 e. The van der Waals surface area contributed by atoms with Gasteiger partial charge in [-0.05, 0) is 29.8 Å². The molecule has 5 heteroatoms. The molecule has 4 nitrogen and oxygen atoms in total. The van der Waals surface area contributed by atoms with Crippen molar-refractivity contribution in [3.05, 3.63) is 59.4 Å². The summed E-state index contributed by atoms with van der Waals surface area (Å²) in [6, 6.07) is 11.7. The second kappa shape index (κ2) is 6.06. The van der Waals surface area contributed by atoms with Gasteiger partial charge in [0.1, 0.15) is 29.8 Å². The average Bonchev–Trinajstić information content (AvgIpc) is 2.45. The molecule has 0 radical (unpaired) electrons. The first-order valence-corrected chi connectivity index (χ1v) is 6.00. The van der Waals surface area contributed by atoms with Crippen LogP contribution in [0, 0.1) is 11.2 Å². The highest BCUT2D eigenvalue weighted by Gasteiger charge is 2.12. The third-order valence-electron chi connectivity index (χ3n) is 2.80. The summed E-state index contributed by atoms with van der Waals surface area (Å²) in [5.74, 6) is 0.0924. The topological polar surface area (TPSA) is 68.3 Å². The summed E-state index contributed by atoms with van der Waals surface area (Å²) in [7, 11) is 1.59. The zero-order chi connectivity index (χ0) is 14.5. The number of halogens is 1. The first kappa shape index (κ1) is 13.9. The Balaban J connectivity index is 2.14. The zero-order valence-electron chi connectivity index (χ0n) is 11.0. The number of rotatable bonds is 5. The number of amidine groups is 1. The van der Waals surface area contributed by atoms with Crippen molar-refractivity contribution in [3.63, 3.8) is 0 Å². The fourth-order valence-electron chi connectivity index (χ4n) is 1.77. The van der Waals surface area contributed by atoms with Crippen molar-refractivity contribution in [2.75, 3.05) is 7.11 Å². The molecule has 0 amide bonds. The van der Waals surface area contributed by atoms with Crippen molar-refractivity contribution < 1.29 is 13.9 Å². The van der Waals surface area contributed by atoms with E-state index in [9.17, 15) is 4.39 Å². The molecule has 0 spiro atoms. The number of methoxy groups -OCH3 is 1. The molecule has 0 bridgehead atoms. The van der Waals surface area contributed by atoms with Crippen LogP contribution in [0.5, 0.6) is 11.5 Å². The quantitative estimate of drug-likeness (QED) is 0.650. The highest BCUT2D eigenvalue weighted by Crippen LogP contribution is 2.22. The molecule has 0 heterocycles. The molecule has 0 aliphatic rings. The summed E-state index contributed by atoms with van der Waals surface area (Å²) in [6.07, 6.45) is 0. The molecule has 0 aliphatic carbocycles. The van der Waals surface area contributed by atoms with Crippen molar-refractivity contribution >= 4 is 5.84 Å². The molecular weight excluding hydrogens is 259 g/mol. The maximum atomic E-state index is 13.6. The van der Waals surface area contributed by atoms with Gasteiger partial charge in [0.2, 0.25) is 0 Å². The van der Waals surface area contributed by atoms with E-state index < -0.39 is 5.82 Å². The molecular formula is C15H15FN2O2. The predicted octanol–water partition coefficient (Wildman–Crippen LogP) is 2.70. The standard InChI is InChI=1S/C15H15FN2O2/c1-19-11-7-5-10(6-8-11)9-20-13-4-2-3-12(16)14(13)15(17)18/h2-8H,9H2,1H3,(H3,17,18). The van der Waals surface area contributed by atoms with Gasteiger partial charge in [-0.2, -0.15) is 0 Å². The predicted molar refractivity (Wildman–Crippen MR) is 74.7 cm³/mol. The van der Waals surface area contributed by atoms with Crippen molar-refractivity contribution in [2.45, 2.75) is 6.61 Å². The Bertz CT molecular complexity index is 612. The minimum Gasteiger partial charge on any atom is -0.497 e. The van der Waals surface area contributed by atoms with E-state index >= 15 is 0 Å². The van der Waals surface area contributed by atoms with Gasteiger partial charge < -0.3 is 15.2 Å². The molecule has 20 heavy (non-hydrogen) atoms. The lowest BCUT2D eigenvalue weighted by Crippen LogP contribution is -2.15. The maximum absolute atomic E-state index is 13.6. The highest BCUT2D eigenvalue weighted by atomic mass is 19.1. The Kier molecular flexibility index (Phi) is 4.20. The number of nitrogens with two attached hydrogens (primary N) is 1. The van der Waals surface area contributed by atoms with Crippen molar-refractivity contribution in [2.24, 2.45) is 5.73 Å². The van der Waals surface area contributed by atoms with Crippen LogP contribution < -0.4 is 15.2 Å². The van der Waals surface area contributed by atoms with E-state index in [-0.39, 0.29) is 23.8 Å². The lowest BCUT2D eigenvalue weighted by atomic mass is 10.1. The normalized spacial score (nSPS) is 10.1. The number of hydrogen-bond donors (Lipinski definition) is 2. The van der Waals surface area contributed by atoms with Crippen LogP contribution in [0.25, 0.3) is 0 Å². The molecule has 104 valence electrons. The van der Waals surface area contributed by atoms with Crippen LogP contribution >= 0.6 is 0 Å². The lowest BCUT2D eigenvalue weighted by Gasteiger charge is -2.11. The summed E-state index contributed by atoms with van der Waals surface area (Å²) in [5, 5.41) is 7.39. The highest BCUT2D eigenvalue weighted by molar-refractivity contribution is 5.97. The number of benzene rings is 2. The number of nitrogens with one attached hydrogen (secondary N) is 1. The van der Waals surface area contributed by atoms with Gasteiger partial charge in [-0.25, -0.2) is 4.39 Å². The fraction of sp³-hybridized carbons (Fsp3) is 0.133. The SMILES string of the molecule is COc1ccc(COc2cccc(F)c2C(=N)N)cc1. The van der Waals surface area contributed by atoms with Gasteiger partial charge >= 0.3 is 0 Å².